The topological polar surface area (TPSA) is 61.4 Å². The summed E-state index contributed by atoms with van der Waals surface area (Å²) < 4.78 is 4.39. The van der Waals surface area contributed by atoms with Crippen molar-refractivity contribution in [1.82, 2.24) is 29.1 Å². The third kappa shape index (κ3) is 3.75. The largest absolute Gasteiger partial charge is 0.292 e. The van der Waals surface area contributed by atoms with Gasteiger partial charge in [-0.05, 0) is 70.8 Å². The number of benzene rings is 3. The molecule has 206 valence electrons. The molecule has 0 fully saturated rings. The van der Waals surface area contributed by atoms with Gasteiger partial charge in [0.05, 0.1) is 27.6 Å². The van der Waals surface area contributed by atoms with Crippen LogP contribution in [0.2, 0.25) is 0 Å². The first kappa shape index (κ1) is 24.5. The molecule has 0 aliphatic heterocycles. The van der Waals surface area contributed by atoms with Gasteiger partial charge >= 0.3 is 0 Å². The summed E-state index contributed by atoms with van der Waals surface area (Å²) in [6.45, 7) is 0. The van der Waals surface area contributed by atoms with E-state index in [-0.39, 0.29) is 0 Å². The van der Waals surface area contributed by atoms with E-state index < -0.39 is 0 Å². The van der Waals surface area contributed by atoms with Crippen LogP contribution in [-0.4, -0.2) is 29.1 Å². The Hall–Kier alpha value is -6.14. The Morgan fingerprint density at radius 1 is 0.364 bits per heavy atom. The molecule has 0 unspecified atom stereocenters. The standard InChI is InChI=1S/C38H24N6/c1-3-10-25(11-4-1)27-17-20-39-34(22-27)43-30-15-8-7-14-29(30)36-32(43)24-33-38(42-36)37-31(16-9-19-41-37)44(33)35-23-28(18-21-40-35)26-12-5-2-6-13-26/h1-24H. The average molecular weight is 565 g/mol. The highest BCUT2D eigenvalue weighted by Gasteiger charge is 2.21. The third-order valence-electron chi connectivity index (χ3n) is 8.28. The number of hydrogen-bond donors (Lipinski definition) is 0. The van der Waals surface area contributed by atoms with Crippen molar-refractivity contribution in [2.45, 2.75) is 0 Å². The minimum absolute atomic E-state index is 0.812. The minimum Gasteiger partial charge on any atom is -0.292 e. The maximum Gasteiger partial charge on any atom is 0.138 e. The second-order valence-corrected chi connectivity index (χ2v) is 10.8. The van der Waals surface area contributed by atoms with Crippen LogP contribution in [0.15, 0.2) is 146 Å². The lowest BCUT2D eigenvalue weighted by Gasteiger charge is -2.10. The molecule has 0 amide bonds. The van der Waals surface area contributed by atoms with Crippen LogP contribution in [-0.2, 0) is 0 Å². The molecule has 0 saturated carbocycles. The monoisotopic (exact) mass is 564 g/mol. The molecular formula is C38H24N6. The van der Waals surface area contributed by atoms with Crippen molar-refractivity contribution >= 4 is 44.0 Å². The van der Waals surface area contributed by atoms with Crippen molar-refractivity contribution in [2.24, 2.45) is 0 Å². The molecular weight excluding hydrogens is 540 g/mol. The lowest BCUT2D eigenvalue weighted by molar-refractivity contribution is 1.07. The normalized spacial score (nSPS) is 11.6. The van der Waals surface area contributed by atoms with Gasteiger partial charge < -0.3 is 0 Å². The van der Waals surface area contributed by atoms with Gasteiger partial charge in [0.15, 0.2) is 0 Å². The van der Waals surface area contributed by atoms with Gasteiger partial charge in [0, 0.05) is 24.0 Å². The van der Waals surface area contributed by atoms with Gasteiger partial charge in [-0.2, -0.15) is 0 Å². The van der Waals surface area contributed by atoms with Crippen molar-refractivity contribution in [2.75, 3.05) is 0 Å². The van der Waals surface area contributed by atoms with Gasteiger partial charge in [-0.1, -0.05) is 78.9 Å². The Morgan fingerprint density at radius 3 is 1.61 bits per heavy atom. The maximum absolute atomic E-state index is 5.33. The fourth-order valence-electron chi connectivity index (χ4n) is 6.29. The van der Waals surface area contributed by atoms with Gasteiger partial charge in [0.2, 0.25) is 0 Å². The first-order chi connectivity index (χ1) is 21.8. The minimum atomic E-state index is 0.812. The van der Waals surface area contributed by atoms with E-state index in [0.717, 1.165) is 77.9 Å². The Morgan fingerprint density at radius 2 is 0.932 bits per heavy atom. The fourth-order valence-corrected chi connectivity index (χ4v) is 6.29. The molecule has 0 radical (unpaired) electrons. The molecule has 0 spiro atoms. The van der Waals surface area contributed by atoms with E-state index >= 15 is 0 Å². The molecule has 6 heterocycles. The zero-order chi connectivity index (χ0) is 29.0. The van der Waals surface area contributed by atoms with Gasteiger partial charge in [0.25, 0.3) is 0 Å². The predicted molar refractivity (Wildman–Crippen MR) is 177 cm³/mol. The second-order valence-electron chi connectivity index (χ2n) is 10.8. The predicted octanol–water partition coefficient (Wildman–Crippen LogP) is 8.79. The van der Waals surface area contributed by atoms with Gasteiger partial charge in [0.1, 0.15) is 22.7 Å². The molecule has 0 bridgehead atoms. The van der Waals surface area contributed by atoms with E-state index in [0.29, 0.717) is 0 Å². The number of pyridine rings is 4. The van der Waals surface area contributed by atoms with Crippen molar-refractivity contribution in [3.8, 4) is 33.9 Å². The number of fused-ring (bicyclic) bond motifs is 6. The van der Waals surface area contributed by atoms with Crippen molar-refractivity contribution in [1.29, 1.82) is 0 Å². The Labute approximate surface area is 252 Å². The van der Waals surface area contributed by atoms with E-state index in [1.807, 2.05) is 42.9 Å². The number of hydrogen-bond acceptors (Lipinski definition) is 4. The molecule has 0 aliphatic carbocycles. The Kier molecular flexibility index (Phi) is 5.40. The molecule has 9 aromatic rings. The smallest absolute Gasteiger partial charge is 0.138 e. The van der Waals surface area contributed by atoms with Crippen molar-refractivity contribution in [3.63, 3.8) is 0 Å². The van der Waals surface area contributed by atoms with Crippen molar-refractivity contribution in [3.05, 3.63) is 146 Å². The van der Waals surface area contributed by atoms with Gasteiger partial charge in [-0.25, -0.2) is 15.0 Å². The quantitative estimate of drug-likeness (QED) is 0.214. The van der Waals surface area contributed by atoms with Crippen molar-refractivity contribution < 1.29 is 0 Å². The Balaban J connectivity index is 1.35. The number of para-hydroxylation sites is 1. The summed E-state index contributed by atoms with van der Waals surface area (Å²) in [5.74, 6) is 1.65. The molecule has 44 heavy (non-hydrogen) atoms. The fraction of sp³-hybridized carbons (Fsp3) is 0. The summed E-state index contributed by atoms with van der Waals surface area (Å²) in [5, 5.41) is 1.07. The maximum atomic E-state index is 5.33. The molecule has 6 nitrogen and oxygen atoms in total. The zero-order valence-electron chi connectivity index (χ0n) is 23.5. The van der Waals surface area contributed by atoms with E-state index in [2.05, 4.69) is 112 Å². The first-order valence-corrected chi connectivity index (χ1v) is 14.6. The molecule has 0 atom stereocenters. The molecule has 0 N–H and O–H groups in total. The lowest BCUT2D eigenvalue weighted by Crippen LogP contribution is -2.00. The highest BCUT2D eigenvalue weighted by molar-refractivity contribution is 6.14. The second kappa shape index (κ2) is 9.71. The van der Waals surface area contributed by atoms with E-state index in [1.54, 1.807) is 0 Å². The zero-order valence-corrected chi connectivity index (χ0v) is 23.5. The molecule has 9 rings (SSSR count). The summed E-state index contributed by atoms with van der Waals surface area (Å²) in [6.07, 6.45) is 5.58. The number of rotatable bonds is 4. The van der Waals surface area contributed by atoms with Crippen LogP contribution in [0.4, 0.5) is 0 Å². The first-order valence-electron chi connectivity index (χ1n) is 14.6. The SMILES string of the molecule is c1ccc(-c2ccnc(-n3c4ccccc4c4nc5c6ncccc6n(-c6cc(-c7ccccc7)ccn6)c5cc43)c2)cc1. The van der Waals surface area contributed by atoms with Gasteiger partial charge in [-0.15, -0.1) is 0 Å². The average Bonchev–Trinajstić information content (AvgIpc) is 3.60. The van der Waals surface area contributed by atoms with Crippen LogP contribution in [0, 0.1) is 0 Å². The molecule has 6 aromatic heterocycles. The number of nitrogens with zero attached hydrogens (tertiary/aromatic N) is 6. The third-order valence-corrected chi connectivity index (χ3v) is 8.28. The van der Waals surface area contributed by atoms with E-state index in [4.69, 9.17) is 19.9 Å². The summed E-state index contributed by atoms with van der Waals surface area (Å²) in [5.41, 5.74) is 11.0. The van der Waals surface area contributed by atoms with E-state index in [1.165, 1.54) is 0 Å². The highest BCUT2D eigenvalue weighted by Crippen LogP contribution is 2.37. The van der Waals surface area contributed by atoms with Gasteiger partial charge in [-0.3, -0.25) is 14.1 Å². The number of aromatic nitrogens is 6. The van der Waals surface area contributed by atoms with E-state index in [9.17, 15) is 0 Å². The van der Waals surface area contributed by atoms with Crippen LogP contribution < -0.4 is 0 Å². The molecule has 6 heteroatoms. The Bertz CT molecular complexity index is 2320. The molecule has 3 aromatic carbocycles. The highest BCUT2D eigenvalue weighted by atomic mass is 15.1. The van der Waals surface area contributed by atoms with Crippen LogP contribution in [0.1, 0.15) is 0 Å². The van der Waals surface area contributed by atoms with Crippen LogP contribution in [0.3, 0.4) is 0 Å². The summed E-state index contributed by atoms with van der Waals surface area (Å²) in [6, 6.07) is 43.8. The van der Waals surface area contributed by atoms with Crippen LogP contribution in [0.5, 0.6) is 0 Å². The lowest BCUT2D eigenvalue weighted by atomic mass is 10.1. The van der Waals surface area contributed by atoms with Crippen LogP contribution in [0.25, 0.3) is 77.9 Å². The molecule has 0 saturated heterocycles. The summed E-state index contributed by atoms with van der Waals surface area (Å²) >= 11 is 0. The summed E-state index contributed by atoms with van der Waals surface area (Å²) in [7, 11) is 0. The molecule has 0 aliphatic rings. The summed E-state index contributed by atoms with van der Waals surface area (Å²) in [4.78, 5) is 19.8. The van der Waals surface area contributed by atoms with Crippen LogP contribution >= 0.6 is 0 Å².